The molecule has 2 fully saturated rings. The summed E-state index contributed by atoms with van der Waals surface area (Å²) in [5, 5.41) is 3.46. The van der Waals surface area contributed by atoms with Crippen molar-refractivity contribution in [1.29, 1.82) is 0 Å². The van der Waals surface area contributed by atoms with Gasteiger partial charge in [-0.25, -0.2) is 9.97 Å². The molecule has 4 rings (SSSR count). The third-order valence-electron chi connectivity index (χ3n) is 5.08. The quantitative estimate of drug-likeness (QED) is 0.372. The first-order valence-corrected chi connectivity index (χ1v) is 11.4. The van der Waals surface area contributed by atoms with Gasteiger partial charge in [-0.05, 0) is 31.6 Å². The summed E-state index contributed by atoms with van der Waals surface area (Å²) >= 11 is 3.03. The first-order chi connectivity index (χ1) is 13.9. The average Bonchev–Trinajstić information content (AvgIpc) is 3.09. The average molecular weight is 447 g/mol. The van der Waals surface area contributed by atoms with Crippen molar-refractivity contribution in [3.05, 3.63) is 22.1 Å². The molecule has 2 aromatic heterocycles. The number of thiazole rings is 2. The Kier molecular flexibility index (Phi) is 6.06. The lowest BCUT2D eigenvalue weighted by Crippen LogP contribution is -2.46. The number of carbonyl (C=O) groups is 1. The number of Topliss-reactive ketones (excluding diaryl/α,β-unsaturated/α-hetero) is 1. The van der Waals surface area contributed by atoms with E-state index in [9.17, 15) is 18.0 Å². The zero-order chi connectivity index (χ0) is 20.5. The molecule has 0 atom stereocenters. The summed E-state index contributed by atoms with van der Waals surface area (Å²) in [6.45, 7) is -0.0968. The minimum absolute atomic E-state index is 0.0372. The Hall–Kier alpha value is -1.36. The maximum absolute atomic E-state index is 13.2. The van der Waals surface area contributed by atoms with Gasteiger partial charge in [0.1, 0.15) is 5.69 Å². The summed E-state index contributed by atoms with van der Waals surface area (Å²) in [5.41, 5.74) is 0.525. The molecule has 158 valence electrons. The number of unbranched alkanes of at least 4 members (excludes halogenated alkanes) is 2. The van der Waals surface area contributed by atoms with Crippen molar-refractivity contribution in [3.8, 4) is 10.0 Å². The van der Waals surface area contributed by atoms with Crippen LogP contribution in [-0.4, -0.2) is 40.9 Å². The number of hydrogen-bond donors (Lipinski definition) is 0. The standard InChI is InChI=1S/C19H21F3N2O3S2/c20-19(21,22)18(26-9-10-27-18)7-3-1-2-4-13(25)14-15(12-5-6-12)29-17(24-14)16-23-8-11-28-16/h8,11-12H,1-7,9-10H2. The summed E-state index contributed by atoms with van der Waals surface area (Å²) in [4.78, 5) is 22.6. The molecule has 1 aliphatic heterocycles. The van der Waals surface area contributed by atoms with Crippen molar-refractivity contribution in [2.75, 3.05) is 13.2 Å². The molecule has 5 nitrogen and oxygen atoms in total. The van der Waals surface area contributed by atoms with Gasteiger partial charge in [0.15, 0.2) is 15.8 Å². The van der Waals surface area contributed by atoms with Crippen LogP contribution in [0.1, 0.15) is 66.2 Å². The highest BCUT2D eigenvalue weighted by molar-refractivity contribution is 7.20. The van der Waals surface area contributed by atoms with Gasteiger partial charge in [0, 0.05) is 29.3 Å². The lowest BCUT2D eigenvalue weighted by molar-refractivity contribution is -0.346. The van der Waals surface area contributed by atoms with E-state index in [0.29, 0.717) is 24.5 Å². The maximum atomic E-state index is 13.2. The highest BCUT2D eigenvalue weighted by Crippen LogP contribution is 2.46. The molecule has 0 spiro atoms. The largest absolute Gasteiger partial charge is 0.443 e. The van der Waals surface area contributed by atoms with Crippen molar-refractivity contribution in [2.45, 2.75) is 62.8 Å². The van der Waals surface area contributed by atoms with Crippen molar-refractivity contribution >= 4 is 28.5 Å². The Morgan fingerprint density at radius 2 is 1.93 bits per heavy atom. The van der Waals surface area contributed by atoms with E-state index in [-0.39, 0.29) is 38.3 Å². The minimum Gasteiger partial charge on any atom is -0.340 e. The van der Waals surface area contributed by atoms with Gasteiger partial charge in [0.2, 0.25) is 0 Å². The summed E-state index contributed by atoms with van der Waals surface area (Å²) in [5.74, 6) is -2.11. The number of hydrogen-bond acceptors (Lipinski definition) is 7. The van der Waals surface area contributed by atoms with Crippen LogP contribution in [0, 0.1) is 0 Å². The molecule has 0 bridgehead atoms. The third-order valence-corrected chi connectivity index (χ3v) is 7.21. The fourth-order valence-electron chi connectivity index (χ4n) is 3.42. The summed E-state index contributed by atoms with van der Waals surface area (Å²) in [7, 11) is 0. The summed E-state index contributed by atoms with van der Waals surface area (Å²) < 4.78 is 49.3. The number of carbonyl (C=O) groups excluding carboxylic acids is 1. The number of ether oxygens (including phenoxy) is 2. The van der Waals surface area contributed by atoms with Crippen molar-refractivity contribution in [1.82, 2.24) is 9.97 Å². The Morgan fingerprint density at radius 3 is 2.55 bits per heavy atom. The van der Waals surface area contributed by atoms with Crippen LogP contribution in [0.25, 0.3) is 10.0 Å². The zero-order valence-electron chi connectivity index (χ0n) is 15.7. The molecule has 0 aromatic carbocycles. The molecule has 1 saturated carbocycles. The van der Waals surface area contributed by atoms with Gasteiger partial charge in [0.25, 0.3) is 5.79 Å². The molecule has 1 aliphatic carbocycles. The molecule has 0 radical (unpaired) electrons. The van der Waals surface area contributed by atoms with E-state index in [1.807, 2.05) is 5.38 Å². The predicted molar refractivity (Wildman–Crippen MR) is 103 cm³/mol. The van der Waals surface area contributed by atoms with Crippen LogP contribution in [0.2, 0.25) is 0 Å². The van der Waals surface area contributed by atoms with Crippen LogP contribution in [-0.2, 0) is 9.47 Å². The summed E-state index contributed by atoms with van der Waals surface area (Å²) in [6.07, 6.45) is 0.628. The lowest BCUT2D eigenvalue weighted by Gasteiger charge is -2.29. The molecule has 29 heavy (non-hydrogen) atoms. The smallest absolute Gasteiger partial charge is 0.340 e. The van der Waals surface area contributed by atoms with Gasteiger partial charge >= 0.3 is 6.18 Å². The normalized spacial score (nSPS) is 19.0. The van der Waals surface area contributed by atoms with Crippen molar-refractivity contribution < 1.29 is 27.4 Å². The van der Waals surface area contributed by atoms with Gasteiger partial charge in [-0.2, -0.15) is 13.2 Å². The third kappa shape index (κ3) is 4.55. The minimum atomic E-state index is -4.55. The van der Waals surface area contributed by atoms with E-state index in [0.717, 1.165) is 27.7 Å². The molecule has 3 heterocycles. The maximum Gasteiger partial charge on any atom is 0.443 e. The molecule has 2 aromatic rings. The topological polar surface area (TPSA) is 61.3 Å². The molecule has 0 N–H and O–H groups in total. The molecule has 0 amide bonds. The van der Waals surface area contributed by atoms with Crippen LogP contribution in [0.5, 0.6) is 0 Å². The number of alkyl halides is 3. The fourth-order valence-corrected chi connectivity index (χ4v) is 5.35. The number of nitrogens with zero attached hydrogens (tertiary/aromatic N) is 2. The molecule has 1 saturated heterocycles. The SMILES string of the molecule is O=C(CCCCCC1(C(F)(F)F)OCCO1)c1nc(-c2nccs2)sc1C1CC1. The second kappa shape index (κ2) is 8.41. The molecule has 0 unspecified atom stereocenters. The highest BCUT2D eigenvalue weighted by atomic mass is 32.1. The van der Waals surface area contributed by atoms with E-state index in [2.05, 4.69) is 9.97 Å². The molecule has 10 heteroatoms. The van der Waals surface area contributed by atoms with E-state index in [1.165, 1.54) is 22.7 Å². The molecular formula is C19H21F3N2O3S2. The van der Waals surface area contributed by atoms with Gasteiger partial charge < -0.3 is 9.47 Å². The van der Waals surface area contributed by atoms with Crippen LogP contribution >= 0.6 is 22.7 Å². The second-order valence-corrected chi connectivity index (χ2v) is 9.20. The first kappa shape index (κ1) is 20.9. The fraction of sp³-hybridized carbons (Fsp3) is 0.632. The highest BCUT2D eigenvalue weighted by Gasteiger charge is 2.59. The Bertz CT molecular complexity index is 842. The van der Waals surface area contributed by atoms with E-state index < -0.39 is 12.0 Å². The van der Waals surface area contributed by atoms with Crippen LogP contribution in [0.15, 0.2) is 11.6 Å². The van der Waals surface area contributed by atoms with E-state index in [4.69, 9.17) is 9.47 Å². The number of rotatable bonds is 9. The molecule has 2 aliphatic rings. The van der Waals surface area contributed by atoms with E-state index in [1.54, 1.807) is 6.20 Å². The second-order valence-electron chi connectivity index (χ2n) is 7.27. The van der Waals surface area contributed by atoms with Gasteiger partial charge in [-0.3, -0.25) is 4.79 Å². The van der Waals surface area contributed by atoms with Crippen LogP contribution < -0.4 is 0 Å². The first-order valence-electron chi connectivity index (χ1n) is 9.68. The number of halogens is 3. The van der Waals surface area contributed by atoms with Crippen molar-refractivity contribution in [3.63, 3.8) is 0 Å². The van der Waals surface area contributed by atoms with Gasteiger partial charge in [0.05, 0.1) is 13.2 Å². The van der Waals surface area contributed by atoms with Gasteiger partial charge in [-0.15, -0.1) is 22.7 Å². The predicted octanol–water partition coefficient (Wildman–Crippen LogP) is 5.58. The Balaban J connectivity index is 1.31. The monoisotopic (exact) mass is 446 g/mol. The zero-order valence-corrected chi connectivity index (χ0v) is 17.3. The van der Waals surface area contributed by atoms with Crippen LogP contribution in [0.4, 0.5) is 13.2 Å². The summed E-state index contributed by atoms with van der Waals surface area (Å²) in [6, 6.07) is 0. The lowest BCUT2D eigenvalue weighted by atomic mass is 10.0. The van der Waals surface area contributed by atoms with Gasteiger partial charge in [-0.1, -0.05) is 6.42 Å². The molecular weight excluding hydrogens is 425 g/mol. The number of ketones is 1. The Morgan fingerprint density at radius 1 is 1.17 bits per heavy atom. The number of aromatic nitrogens is 2. The van der Waals surface area contributed by atoms with Crippen LogP contribution in [0.3, 0.4) is 0 Å². The Labute approximate surface area is 174 Å². The van der Waals surface area contributed by atoms with Crippen molar-refractivity contribution in [2.24, 2.45) is 0 Å². The van der Waals surface area contributed by atoms with E-state index >= 15 is 0 Å².